The van der Waals surface area contributed by atoms with Gasteiger partial charge < -0.3 is 4.74 Å². The summed E-state index contributed by atoms with van der Waals surface area (Å²) in [6.45, 7) is 4.22. The number of rotatable bonds is 2. The van der Waals surface area contributed by atoms with Gasteiger partial charge in [0, 0.05) is 11.4 Å². The van der Waals surface area contributed by atoms with Crippen molar-refractivity contribution >= 4 is 17.2 Å². The quantitative estimate of drug-likeness (QED) is 0.694. The highest BCUT2D eigenvalue weighted by molar-refractivity contribution is 6.30. The van der Waals surface area contributed by atoms with Crippen molar-refractivity contribution in [3.05, 3.63) is 76.8 Å². The molecule has 0 amide bonds. The third-order valence-electron chi connectivity index (χ3n) is 3.76. The van der Waals surface area contributed by atoms with Gasteiger partial charge in [0.05, 0.1) is 11.7 Å². The third-order valence-corrected chi connectivity index (χ3v) is 4.01. The summed E-state index contributed by atoms with van der Waals surface area (Å²) >= 11 is 5.99. The van der Waals surface area contributed by atoms with E-state index < -0.39 is 0 Å². The minimum Gasteiger partial charge on any atom is -0.363 e. The molecule has 0 saturated carbocycles. The van der Waals surface area contributed by atoms with Gasteiger partial charge in [0.25, 0.3) is 0 Å². The second-order valence-electron chi connectivity index (χ2n) is 6.00. The molecule has 0 radical (unpaired) electrons. The number of benzene rings is 2. The summed E-state index contributed by atoms with van der Waals surface area (Å²) < 4.78 is 6.23. The maximum Gasteiger partial charge on any atom is 0.0876 e. The van der Waals surface area contributed by atoms with Gasteiger partial charge in [0.1, 0.15) is 0 Å². The monoisotopic (exact) mass is 298 g/mol. The molecule has 2 aromatic carbocycles. The Morgan fingerprint density at radius 1 is 1.00 bits per heavy atom. The van der Waals surface area contributed by atoms with E-state index in [9.17, 15) is 0 Å². The fraction of sp³-hybridized carbons (Fsp3) is 0.263. The fourth-order valence-corrected chi connectivity index (χ4v) is 2.97. The molecule has 0 aromatic heterocycles. The molecule has 1 aliphatic rings. The van der Waals surface area contributed by atoms with Gasteiger partial charge in [-0.15, -0.1) is 0 Å². The molecule has 108 valence electrons. The summed E-state index contributed by atoms with van der Waals surface area (Å²) in [5.41, 5.74) is 3.49. The van der Waals surface area contributed by atoms with Crippen molar-refractivity contribution in [2.24, 2.45) is 0 Å². The van der Waals surface area contributed by atoms with Crippen molar-refractivity contribution in [3.8, 4) is 0 Å². The van der Waals surface area contributed by atoms with Crippen LogP contribution in [0.2, 0.25) is 5.02 Å². The van der Waals surface area contributed by atoms with Crippen LogP contribution in [0.4, 0.5) is 0 Å². The van der Waals surface area contributed by atoms with Gasteiger partial charge in [-0.1, -0.05) is 54.1 Å². The Kier molecular flexibility index (Phi) is 3.88. The van der Waals surface area contributed by atoms with E-state index in [0.29, 0.717) is 0 Å². The molecule has 2 aromatic rings. The second kappa shape index (κ2) is 5.67. The zero-order chi connectivity index (χ0) is 14.9. The lowest BCUT2D eigenvalue weighted by Crippen LogP contribution is -2.28. The molecule has 1 heterocycles. The van der Waals surface area contributed by atoms with Crippen molar-refractivity contribution in [2.45, 2.75) is 32.0 Å². The van der Waals surface area contributed by atoms with Gasteiger partial charge in [-0.05, 0) is 48.8 Å². The Bertz CT molecular complexity index is 641. The summed E-state index contributed by atoms with van der Waals surface area (Å²) in [5.74, 6) is 0. The lowest BCUT2D eigenvalue weighted by molar-refractivity contribution is -0.0476. The number of ether oxygens (including phenoxy) is 1. The molecule has 0 spiro atoms. The maximum atomic E-state index is 6.23. The van der Waals surface area contributed by atoms with Gasteiger partial charge in [-0.3, -0.25) is 0 Å². The lowest BCUT2D eigenvalue weighted by Gasteiger charge is -2.35. The highest BCUT2D eigenvalue weighted by Gasteiger charge is 2.29. The van der Waals surface area contributed by atoms with E-state index >= 15 is 0 Å². The van der Waals surface area contributed by atoms with Crippen molar-refractivity contribution in [2.75, 3.05) is 0 Å². The third kappa shape index (κ3) is 3.37. The number of hydrogen-bond acceptors (Lipinski definition) is 1. The summed E-state index contributed by atoms with van der Waals surface area (Å²) in [6.07, 6.45) is 3.20. The van der Waals surface area contributed by atoms with Gasteiger partial charge in [0.15, 0.2) is 0 Å². The molecule has 3 rings (SSSR count). The summed E-state index contributed by atoms with van der Waals surface area (Å²) in [7, 11) is 0. The molecule has 1 aliphatic heterocycles. The van der Waals surface area contributed by atoms with Gasteiger partial charge in [-0.25, -0.2) is 0 Å². The molecular formula is C19H19ClO. The highest BCUT2D eigenvalue weighted by Crippen LogP contribution is 2.40. The molecule has 1 unspecified atom stereocenters. The molecule has 21 heavy (non-hydrogen) atoms. The van der Waals surface area contributed by atoms with Crippen LogP contribution in [0.5, 0.6) is 0 Å². The second-order valence-corrected chi connectivity index (χ2v) is 6.44. The Morgan fingerprint density at radius 2 is 1.67 bits per heavy atom. The first kappa shape index (κ1) is 14.4. The van der Waals surface area contributed by atoms with Crippen LogP contribution in [0.3, 0.4) is 0 Å². The van der Waals surface area contributed by atoms with E-state index in [0.717, 1.165) is 11.4 Å². The largest absolute Gasteiger partial charge is 0.363 e. The lowest BCUT2D eigenvalue weighted by atomic mass is 9.89. The normalized spacial score (nSPS) is 20.9. The van der Waals surface area contributed by atoms with E-state index in [1.807, 2.05) is 18.2 Å². The van der Waals surface area contributed by atoms with Crippen molar-refractivity contribution in [3.63, 3.8) is 0 Å². The Balaban J connectivity index is 1.94. The van der Waals surface area contributed by atoms with Crippen LogP contribution in [0.15, 0.2) is 60.7 Å². The Labute approximate surface area is 131 Å². The number of hydrogen-bond donors (Lipinski definition) is 0. The fourth-order valence-electron chi connectivity index (χ4n) is 2.84. The average Bonchev–Trinajstić information content (AvgIpc) is 2.47. The van der Waals surface area contributed by atoms with Crippen LogP contribution >= 0.6 is 11.6 Å². The highest BCUT2D eigenvalue weighted by atomic mass is 35.5. The van der Waals surface area contributed by atoms with Crippen molar-refractivity contribution in [1.29, 1.82) is 0 Å². The average molecular weight is 299 g/mol. The molecule has 2 heteroatoms. The van der Waals surface area contributed by atoms with Crippen LogP contribution in [0, 0.1) is 0 Å². The van der Waals surface area contributed by atoms with E-state index in [2.05, 4.69) is 56.3 Å². The molecule has 1 nitrogen and oxygen atoms in total. The molecule has 0 N–H and O–H groups in total. The zero-order valence-electron chi connectivity index (χ0n) is 12.3. The zero-order valence-corrected chi connectivity index (χ0v) is 13.1. The first-order valence-corrected chi connectivity index (χ1v) is 7.62. The molecule has 0 aliphatic carbocycles. The Morgan fingerprint density at radius 3 is 2.33 bits per heavy atom. The summed E-state index contributed by atoms with van der Waals surface area (Å²) in [4.78, 5) is 0. The standard InChI is InChI=1S/C19H19ClO/c1-19(2)13-16(14-8-10-17(20)11-9-14)12-18(21-19)15-6-4-3-5-7-15/h3-11,13,18H,12H2,1-2H3. The van der Waals surface area contributed by atoms with Crippen LogP contribution in [-0.4, -0.2) is 5.60 Å². The smallest absolute Gasteiger partial charge is 0.0876 e. The number of halogens is 1. The van der Waals surface area contributed by atoms with E-state index in [-0.39, 0.29) is 11.7 Å². The van der Waals surface area contributed by atoms with E-state index in [1.165, 1.54) is 16.7 Å². The van der Waals surface area contributed by atoms with Gasteiger partial charge in [0.2, 0.25) is 0 Å². The van der Waals surface area contributed by atoms with Gasteiger partial charge >= 0.3 is 0 Å². The predicted octanol–water partition coefficient (Wildman–Crippen LogP) is 5.66. The summed E-state index contributed by atoms with van der Waals surface area (Å²) in [6, 6.07) is 18.5. The minimum absolute atomic E-state index is 0.0943. The SMILES string of the molecule is CC1(C)C=C(c2ccc(Cl)cc2)CC(c2ccccc2)O1. The van der Waals surface area contributed by atoms with Crippen LogP contribution in [-0.2, 0) is 4.74 Å². The topological polar surface area (TPSA) is 9.23 Å². The molecule has 0 fully saturated rings. The van der Waals surface area contributed by atoms with Crippen molar-refractivity contribution < 1.29 is 4.74 Å². The predicted molar refractivity (Wildman–Crippen MR) is 88.4 cm³/mol. The van der Waals surface area contributed by atoms with Crippen LogP contribution < -0.4 is 0 Å². The minimum atomic E-state index is -0.270. The van der Waals surface area contributed by atoms with Crippen LogP contribution in [0.1, 0.15) is 37.5 Å². The van der Waals surface area contributed by atoms with Crippen molar-refractivity contribution in [1.82, 2.24) is 0 Å². The molecule has 1 atom stereocenters. The first-order valence-electron chi connectivity index (χ1n) is 7.24. The van der Waals surface area contributed by atoms with E-state index in [4.69, 9.17) is 16.3 Å². The van der Waals surface area contributed by atoms with Crippen LogP contribution in [0.25, 0.3) is 5.57 Å². The summed E-state index contributed by atoms with van der Waals surface area (Å²) in [5, 5.41) is 0.769. The Hall–Kier alpha value is -1.57. The van der Waals surface area contributed by atoms with Gasteiger partial charge in [-0.2, -0.15) is 0 Å². The molecular weight excluding hydrogens is 280 g/mol. The first-order chi connectivity index (χ1) is 10.0. The molecule has 0 bridgehead atoms. The van der Waals surface area contributed by atoms with E-state index in [1.54, 1.807) is 0 Å². The molecule has 0 saturated heterocycles. The maximum absolute atomic E-state index is 6.23.